The molecule has 0 saturated carbocycles. The van der Waals surface area contributed by atoms with Gasteiger partial charge in [-0.1, -0.05) is 29.8 Å². The standard InChI is InChI=1S/C23H19ClN4O3/c1-14-6-4-5-7-21(14)26-23(29)18(13-25)11-17-10-15(2)27(16(17)3)19-8-9-22(28(30)31)20(24)12-19/h4-12H,1-3H3,(H,26,29)/b18-11-. The first kappa shape index (κ1) is 21.8. The molecule has 0 unspecified atom stereocenters. The van der Waals surface area contributed by atoms with E-state index in [4.69, 9.17) is 11.6 Å². The zero-order chi connectivity index (χ0) is 22.7. The average Bonchev–Trinajstić information content (AvgIpc) is 3.00. The number of carbonyl (C=O) groups is 1. The van der Waals surface area contributed by atoms with Crippen LogP contribution in [0.25, 0.3) is 11.8 Å². The SMILES string of the molecule is Cc1ccccc1NC(=O)/C(C#N)=C\c1cc(C)n(-c2ccc([N+](=O)[O-])c(Cl)c2)c1C. The number of hydrogen-bond donors (Lipinski definition) is 1. The minimum atomic E-state index is -0.540. The minimum Gasteiger partial charge on any atom is -0.321 e. The van der Waals surface area contributed by atoms with Crippen molar-refractivity contribution < 1.29 is 9.72 Å². The molecule has 2 aromatic carbocycles. The molecule has 3 rings (SSSR count). The molecule has 31 heavy (non-hydrogen) atoms. The van der Waals surface area contributed by atoms with Gasteiger partial charge in [-0.15, -0.1) is 0 Å². The van der Waals surface area contributed by atoms with Crippen LogP contribution in [0.15, 0.2) is 54.1 Å². The fourth-order valence-corrected chi connectivity index (χ4v) is 3.56. The normalized spacial score (nSPS) is 11.1. The average molecular weight is 435 g/mol. The fraction of sp³-hybridized carbons (Fsp3) is 0.130. The van der Waals surface area contributed by atoms with Crippen molar-refractivity contribution in [3.63, 3.8) is 0 Å². The molecule has 1 heterocycles. The molecule has 0 fully saturated rings. The van der Waals surface area contributed by atoms with E-state index in [1.807, 2.05) is 49.6 Å². The molecule has 8 heteroatoms. The van der Waals surface area contributed by atoms with Crippen LogP contribution in [-0.2, 0) is 4.79 Å². The number of anilines is 1. The van der Waals surface area contributed by atoms with Crippen molar-refractivity contribution in [3.8, 4) is 11.8 Å². The molecule has 0 saturated heterocycles. The highest BCUT2D eigenvalue weighted by molar-refractivity contribution is 6.32. The maximum Gasteiger partial charge on any atom is 0.288 e. The van der Waals surface area contributed by atoms with Crippen LogP contribution in [0.2, 0.25) is 5.02 Å². The van der Waals surface area contributed by atoms with Gasteiger partial charge in [0.15, 0.2) is 0 Å². The molecule has 0 aliphatic carbocycles. The lowest BCUT2D eigenvalue weighted by Crippen LogP contribution is -2.14. The van der Waals surface area contributed by atoms with E-state index in [1.165, 1.54) is 18.2 Å². The number of rotatable bonds is 5. The summed E-state index contributed by atoms with van der Waals surface area (Å²) in [7, 11) is 0. The number of carbonyl (C=O) groups excluding carboxylic acids is 1. The van der Waals surface area contributed by atoms with Gasteiger partial charge in [-0.05, 0) is 62.2 Å². The summed E-state index contributed by atoms with van der Waals surface area (Å²) in [6.45, 7) is 5.57. The van der Waals surface area contributed by atoms with E-state index in [-0.39, 0.29) is 16.3 Å². The molecular weight excluding hydrogens is 416 g/mol. The van der Waals surface area contributed by atoms with E-state index in [2.05, 4.69) is 5.32 Å². The van der Waals surface area contributed by atoms with Crippen LogP contribution >= 0.6 is 11.6 Å². The summed E-state index contributed by atoms with van der Waals surface area (Å²) in [5.41, 5.74) is 4.24. The Kier molecular flexibility index (Phi) is 6.23. The fourth-order valence-electron chi connectivity index (χ4n) is 3.32. The summed E-state index contributed by atoms with van der Waals surface area (Å²) in [4.78, 5) is 23.1. The zero-order valence-corrected chi connectivity index (χ0v) is 17.9. The Hall–Kier alpha value is -3.89. The van der Waals surface area contributed by atoms with E-state index < -0.39 is 10.8 Å². The zero-order valence-electron chi connectivity index (χ0n) is 17.1. The summed E-state index contributed by atoms with van der Waals surface area (Å²) >= 11 is 6.06. The number of para-hydroxylation sites is 1. The highest BCUT2D eigenvalue weighted by Gasteiger charge is 2.17. The minimum absolute atomic E-state index is 0.0300. The van der Waals surface area contributed by atoms with Crippen molar-refractivity contribution in [1.82, 2.24) is 4.57 Å². The molecule has 0 spiro atoms. The van der Waals surface area contributed by atoms with Gasteiger partial charge in [-0.25, -0.2) is 0 Å². The first-order valence-electron chi connectivity index (χ1n) is 9.35. The Balaban J connectivity index is 1.97. The van der Waals surface area contributed by atoms with Crippen LogP contribution in [0.5, 0.6) is 0 Å². The third-order valence-electron chi connectivity index (χ3n) is 4.91. The molecule has 0 radical (unpaired) electrons. The predicted octanol–water partition coefficient (Wildman–Crippen LogP) is 5.51. The second kappa shape index (κ2) is 8.86. The molecule has 156 valence electrons. The number of hydrogen-bond acceptors (Lipinski definition) is 4. The number of nitro groups is 1. The van der Waals surface area contributed by atoms with Gasteiger partial charge >= 0.3 is 0 Å². The van der Waals surface area contributed by atoms with Crippen LogP contribution < -0.4 is 5.32 Å². The Morgan fingerprint density at radius 3 is 2.52 bits per heavy atom. The molecule has 1 amide bonds. The monoisotopic (exact) mass is 434 g/mol. The Bertz CT molecular complexity index is 1270. The van der Waals surface area contributed by atoms with Crippen molar-refractivity contribution in [2.75, 3.05) is 5.32 Å². The van der Waals surface area contributed by atoms with Crippen LogP contribution in [0.3, 0.4) is 0 Å². The third kappa shape index (κ3) is 4.49. The van der Waals surface area contributed by atoms with E-state index in [0.29, 0.717) is 16.9 Å². The number of nitriles is 1. The van der Waals surface area contributed by atoms with E-state index in [1.54, 1.807) is 18.2 Å². The topological polar surface area (TPSA) is 101 Å². The molecule has 0 aliphatic rings. The predicted molar refractivity (Wildman–Crippen MR) is 120 cm³/mol. The van der Waals surface area contributed by atoms with Gasteiger partial charge in [0.1, 0.15) is 16.7 Å². The lowest BCUT2D eigenvalue weighted by atomic mass is 10.1. The molecule has 3 aromatic rings. The van der Waals surface area contributed by atoms with Gasteiger partial charge in [-0.2, -0.15) is 5.26 Å². The van der Waals surface area contributed by atoms with Gasteiger partial charge in [0.05, 0.1) is 4.92 Å². The van der Waals surface area contributed by atoms with Crippen LogP contribution in [-0.4, -0.2) is 15.4 Å². The van der Waals surface area contributed by atoms with Crippen molar-refractivity contribution in [2.24, 2.45) is 0 Å². The summed E-state index contributed by atoms with van der Waals surface area (Å²) < 4.78 is 1.86. The highest BCUT2D eigenvalue weighted by Crippen LogP contribution is 2.30. The van der Waals surface area contributed by atoms with Crippen LogP contribution in [0.4, 0.5) is 11.4 Å². The van der Waals surface area contributed by atoms with Gasteiger partial charge in [0, 0.05) is 28.8 Å². The smallest absolute Gasteiger partial charge is 0.288 e. The number of aromatic nitrogens is 1. The van der Waals surface area contributed by atoms with Crippen molar-refractivity contribution in [1.29, 1.82) is 5.26 Å². The van der Waals surface area contributed by atoms with Gasteiger partial charge in [-0.3, -0.25) is 14.9 Å². The van der Waals surface area contributed by atoms with Crippen LogP contribution in [0, 0.1) is 42.2 Å². The summed E-state index contributed by atoms with van der Waals surface area (Å²) in [6, 6.07) is 15.6. The summed E-state index contributed by atoms with van der Waals surface area (Å²) in [6.07, 6.45) is 1.53. The number of halogens is 1. The Labute approximate surface area is 184 Å². The van der Waals surface area contributed by atoms with Gasteiger partial charge in [0.2, 0.25) is 0 Å². The largest absolute Gasteiger partial charge is 0.321 e. The van der Waals surface area contributed by atoms with E-state index in [0.717, 1.165) is 17.0 Å². The quantitative estimate of drug-likeness (QED) is 0.247. The number of benzene rings is 2. The number of nitrogens with one attached hydrogen (secondary N) is 1. The number of nitrogens with zero attached hydrogens (tertiary/aromatic N) is 3. The molecule has 1 N–H and O–H groups in total. The summed E-state index contributed by atoms with van der Waals surface area (Å²) in [5.74, 6) is -0.500. The summed E-state index contributed by atoms with van der Waals surface area (Å²) in [5, 5.41) is 23.3. The van der Waals surface area contributed by atoms with E-state index in [9.17, 15) is 20.2 Å². The van der Waals surface area contributed by atoms with Crippen molar-refractivity contribution >= 4 is 35.0 Å². The number of amides is 1. The van der Waals surface area contributed by atoms with Crippen molar-refractivity contribution in [3.05, 3.63) is 91.8 Å². The van der Waals surface area contributed by atoms with Gasteiger partial charge in [0.25, 0.3) is 11.6 Å². The maximum absolute atomic E-state index is 12.6. The molecule has 0 aliphatic heterocycles. The van der Waals surface area contributed by atoms with Gasteiger partial charge < -0.3 is 9.88 Å². The Morgan fingerprint density at radius 1 is 1.19 bits per heavy atom. The van der Waals surface area contributed by atoms with Crippen molar-refractivity contribution in [2.45, 2.75) is 20.8 Å². The highest BCUT2D eigenvalue weighted by atomic mass is 35.5. The first-order valence-corrected chi connectivity index (χ1v) is 9.72. The first-order chi connectivity index (χ1) is 14.7. The third-order valence-corrected chi connectivity index (χ3v) is 5.22. The second-order valence-electron chi connectivity index (χ2n) is 6.99. The second-order valence-corrected chi connectivity index (χ2v) is 7.40. The lowest BCUT2D eigenvalue weighted by Gasteiger charge is -2.10. The van der Waals surface area contributed by atoms with E-state index >= 15 is 0 Å². The molecule has 1 aromatic heterocycles. The van der Waals surface area contributed by atoms with Crippen LogP contribution in [0.1, 0.15) is 22.5 Å². The molecular formula is C23H19ClN4O3. The number of aryl methyl sites for hydroxylation is 2. The molecule has 7 nitrogen and oxygen atoms in total. The molecule has 0 bridgehead atoms. The lowest BCUT2D eigenvalue weighted by molar-refractivity contribution is -0.384. The molecule has 0 atom stereocenters. The Morgan fingerprint density at radius 2 is 1.90 bits per heavy atom. The maximum atomic E-state index is 12.6. The number of nitro benzene ring substituents is 1.